The maximum atomic E-state index is 12.7. The molecule has 0 radical (unpaired) electrons. The molecule has 0 fully saturated rings. The van der Waals surface area contributed by atoms with Crippen LogP contribution < -0.4 is 15.4 Å². The second-order valence-corrected chi connectivity index (χ2v) is 10.5. The number of nitrogens with one attached hydrogen (secondary N) is 3. The lowest BCUT2D eigenvalue weighted by atomic mass is 10.1. The summed E-state index contributed by atoms with van der Waals surface area (Å²) >= 11 is 6.83. The Balaban J connectivity index is 1.72. The van der Waals surface area contributed by atoms with E-state index in [1.54, 1.807) is 24.3 Å². The van der Waals surface area contributed by atoms with E-state index in [2.05, 4.69) is 15.4 Å². The Morgan fingerprint density at radius 1 is 1.06 bits per heavy atom. The summed E-state index contributed by atoms with van der Waals surface area (Å²) < 4.78 is 32.9. The van der Waals surface area contributed by atoms with Crippen molar-refractivity contribution in [2.45, 2.75) is 32.1 Å². The molecule has 10 heteroatoms. The zero-order valence-corrected chi connectivity index (χ0v) is 21.1. The zero-order valence-electron chi connectivity index (χ0n) is 18.7. The predicted molar refractivity (Wildman–Crippen MR) is 138 cm³/mol. The maximum absolute atomic E-state index is 12.7. The molecule has 0 unspecified atom stereocenters. The van der Waals surface area contributed by atoms with Gasteiger partial charge in [0.25, 0.3) is 10.0 Å². The number of thiophene rings is 1. The van der Waals surface area contributed by atoms with Gasteiger partial charge in [-0.1, -0.05) is 25.1 Å². The first-order chi connectivity index (χ1) is 15.7. The van der Waals surface area contributed by atoms with Crippen LogP contribution in [0.25, 0.3) is 0 Å². The molecule has 0 saturated heterocycles. The van der Waals surface area contributed by atoms with E-state index in [4.69, 9.17) is 17.0 Å². The maximum Gasteiger partial charge on any atom is 0.341 e. The Labute approximate surface area is 203 Å². The van der Waals surface area contributed by atoms with Crippen LogP contribution in [0, 0.1) is 13.8 Å². The summed E-state index contributed by atoms with van der Waals surface area (Å²) in [6, 6.07) is 13.4. The second-order valence-electron chi connectivity index (χ2n) is 7.21. The van der Waals surface area contributed by atoms with E-state index >= 15 is 0 Å². The molecule has 3 aromatic rings. The van der Waals surface area contributed by atoms with Gasteiger partial charge in [0.05, 0.1) is 23.3 Å². The first kappa shape index (κ1) is 24.7. The van der Waals surface area contributed by atoms with Gasteiger partial charge in [-0.2, -0.15) is 0 Å². The van der Waals surface area contributed by atoms with Crippen LogP contribution in [-0.4, -0.2) is 26.6 Å². The molecule has 2 aromatic carbocycles. The van der Waals surface area contributed by atoms with Crippen LogP contribution in [0.4, 0.5) is 16.4 Å². The molecule has 0 aliphatic heterocycles. The quantitative estimate of drug-likeness (QED) is 0.296. The van der Waals surface area contributed by atoms with Gasteiger partial charge in [0.1, 0.15) is 5.00 Å². The summed E-state index contributed by atoms with van der Waals surface area (Å²) in [4.78, 5) is 13.4. The van der Waals surface area contributed by atoms with Crippen molar-refractivity contribution < 1.29 is 17.9 Å². The highest BCUT2D eigenvalue weighted by Crippen LogP contribution is 2.34. The fourth-order valence-corrected chi connectivity index (χ4v) is 5.84. The molecule has 0 atom stereocenters. The third kappa shape index (κ3) is 5.70. The van der Waals surface area contributed by atoms with E-state index in [1.807, 2.05) is 32.9 Å². The number of para-hydroxylation sites is 1. The molecule has 1 heterocycles. The molecule has 0 spiro atoms. The van der Waals surface area contributed by atoms with E-state index in [0.29, 0.717) is 28.4 Å². The van der Waals surface area contributed by atoms with Crippen molar-refractivity contribution in [3.63, 3.8) is 0 Å². The Kier molecular flexibility index (Phi) is 7.72. The molecule has 0 aliphatic rings. The molecular formula is C23H25N3O4S3. The lowest BCUT2D eigenvalue weighted by Gasteiger charge is -2.13. The van der Waals surface area contributed by atoms with Gasteiger partial charge >= 0.3 is 5.97 Å². The Morgan fingerprint density at radius 3 is 2.33 bits per heavy atom. The van der Waals surface area contributed by atoms with E-state index in [9.17, 15) is 13.2 Å². The van der Waals surface area contributed by atoms with Gasteiger partial charge in [-0.15, -0.1) is 11.3 Å². The highest BCUT2D eigenvalue weighted by molar-refractivity contribution is 7.92. The molecule has 174 valence electrons. The molecular weight excluding hydrogens is 478 g/mol. The zero-order chi connectivity index (χ0) is 24.2. The van der Waals surface area contributed by atoms with Crippen LogP contribution in [-0.2, 0) is 21.2 Å². The number of benzene rings is 2. The molecule has 3 N–H and O–H groups in total. The number of thiocarbonyl (C=S) groups is 1. The number of rotatable bonds is 7. The van der Waals surface area contributed by atoms with Crippen molar-refractivity contribution in [2.75, 3.05) is 22.5 Å². The van der Waals surface area contributed by atoms with Crippen LogP contribution in [0.5, 0.6) is 0 Å². The number of methoxy groups -OCH3 is 1. The summed E-state index contributed by atoms with van der Waals surface area (Å²) in [7, 11) is -2.38. The number of esters is 1. The molecule has 0 saturated carbocycles. The van der Waals surface area contributed by atoms with Gasteiger partial charge in [-0.3, -0.25) is 4.72 Å². The van der Waals surface area contributed by atoms with Crippen LogP contribution in [0.15, 0.2) is 53.4 Å². The second kappa shape index (κ2) is 10.3. The number of anilines is 3. The summed E-state index contributed by atoms with van der Waals surface area (Å²) in [5.74, 6) is -0.419. The average Bonchev–Trinajstić information content (AvgIpc) is 3.09. The highest BCUT2D eigenvalue weighted by Gasteiger charge is 2.22. The summed E-state index contributed by atoms with van der Waals surface area (Å²) in [6.45, 7) is 5.76. The van der Waals surface area contributed by atoms with E-state index in [-0.39, 0.29) is 10.0 Å². The first-order valence-corrected chi connectivity index (χ1v) is 12.8. The van der Waals surface area contributed by atoms with Crippen molar-refractivity contribution in [1.29, 1.82) is 0 Å². The molecule has 33 heavy (non-hydrogen) atoms. The van der Waals surface area contributed by atoms with Gasteiger partial charge in [0.15, 0.2) is 5.11 Å². The third-order valence-electron chi connectivity index (χ3n) is 4.99. The molecule has 3 rings (SSSR count). The lowest BCUT2D eigenvalue weighted by Crippen LogP contribution is -2.20. The molecule has 0 bridgehead atoms. The molecule has 1 aromatic heterocycles. The minimum Gasteiger partial charge on any atom is -0.465 e. The van der Waals surface area contributed by atoms with Crippen molar-refractivity contribution >= 4 is 61.0 Å². The summed E-state index contributed by atoms with van der Waals surface area (Å²) in [5.41, 5.74) is 3.37. The Hall–Kier alpha value is -2.95. The fourth-order valence-electron chi connectivity index (χ4n) is 3.28. The Morgan fingerprint density at radius 2 is 1.73 bits per heavy atom. The van der Waals surface area contributed by atoms with Crippen molar-refractivity contribution in [1.82, 2.24) is 0 Å². The van der Waals surface area contributed by atoms with E-state index < -0.39 is 16.0 Å². The highest BCUT2D eigenvalue weighted by atomic mass is 32.2. The normalized spacial score (nSPS) is 11.0. The number of carbonyl (C=O) groups excluding carboxylic acids is 1. The number of ether oxygens (including phenoxy) is 1. The van der Waals surface area contributed by atoms with E-state index in [1.165, 1.54) is 30.6 Å². The number of sulfonamides is 1. The summed E-state index contributed by atoms with van der Waals surface area (Å²) in [6.07, 6.45) is 0.696. The van der Waals surface area contributed by atoms with Gasteiger partial charge < -0.3 is 15.4 Å². The van der Waals surface area contributed by atoms with Crippen molar-refractivity contribution in [3.8, 4) is 0 Å². The molecule has 0 amide bonds. The lowest BCUT2D eigenvalue weighted by molar-refractivity contribution is 0.0601. The van der Waals surface area contributed by atoms with Crippen LogP contribution in [0.2, 0.25) is 0 Å². The van der Waals surface area contributed by atoms with E-state index in [0.717, 1.165) is 16.0 Å². The number of aryl methyl sites for hydroxylation is 2. The fraction of sp³-hybridized carbons (Fsp3) is 0.217. The standard InChI is InChI=1S/C23H25N3O4S3/c1-5-18-15(3)32-21(20(18)22(27)30-4)25-23(31)24-16-10-12-17(13-11-16)33(28,29)26-19-9-7-6-8-14(19)2/h6-13,26H,5H2,1-4H3,(H2,24,25,31). The monoisotopic (exact) mass is 503 g/mol. The number of hydrogen-bond acceptors (Lipinski definition) is 6. The van der Waals surface area contributed by atoms with Crippen LogP contribution >= 0.6 is 23.6 Å². The minimum atomic E-state index is -3.73. The first-order valence-electron chi connectivity index (χ1n) is 10.1. The average molecular weight is 504 g/mol. The largest absolute Gasteiger partial charge is 0.465 e. The molecule has 7 nitrogen and oxygen atoms in total. The third-order valence-corrected chi connectivity index (χ3v) is 7.64. The smallest absolute Gasteiger partial charge is 0.341 e. The van der Waals surface area contributed by atoms with Gasteiger partial charge in [-0.05, 0) is 73.9 Å². The van der Waals surface area contributed by atoms with Crippen molar-refractivity contribution in [3.05, 3.63) is 70.1 Å². The van der Waals surface area contributed by atoms with Crippen LogP contribution in [0.1, 0.15) is 33.3 Å². The SMILES string of the molecule is CCc1c(C)sc(NC(=S)Nc2ccc(S(=O)(=O)Nc3ccccc3C)cc2)c1C(=O)OC. The number of carbonyl (C=O) groups is 1. The minimum absolute atomic E-state index is 0.129. The molecule has 0 aliphatic carbocycles. The Bertz CT molecular complexity index is 1280. The van der Waals surface area contributed by atoms with Gasteiger partial charge in [-0.25, -0.2) is 13.2 Å². The van der Waals surface area contributed by atoms with Crippen molar-refractivity contribution in [2.24, 2.45) is 0 Å². The van der Waals surface area contributed by atoms with Crippen LogP contribution in [0.3, 0.4) is 0 Å². The topological polar surface area (TPSA) is 96.5 Å². The number of hydrogen-bond donors (Lipinski definition) is 3. The summed E-state index contributed by atoms with van der Waals surface area (Å²) in [5, 5.41) is 6.96. The van der Waals surface area contributed by atoms with Gasteiger partial charge in [0.2, 0.25) is 0 Å². The van der Waals surface area contributed by atoms with Gasteiger partial charge in [0, 0.05) is 10.6 Å². The predicted octanol–water partition coefficient (Wildman–Crippen LogP) is 5.32.